The molecular weight excluding hydrogens is 394 g/mol. The Labute approximate surface area is 178 Å². The molecule has 0 aliphatic carbocycles. The van der Waals surface area contributed by atoms with Gasteiger partial charge in [0.1, 0.15) is 35.7 Å². The van der Waals surface area contributed by atoms with Gasteiger partial charge in [0.05, 0.1) is 28.7 Å². The molecule has 0 bridgehead atoms. The van der Waals surface area contributed by atoms with Gasteiger partial charge in [0.15, 0.2) is 5.65 Å². The smallest absolute Gasteiger partial charge is 0.165 e. The maximum absolute atomic E-state index is 9.58. The molecule has 4 rings (SSSR count). The number of hydrogen-bond donors (Lipinski definition) is 3. The van der Waals surface area contributed by atoms with Crippen molar-refractivity contribution < 1.29 is 10.2 Å². The Kier molecular flexibility index (Phi) is 5.46. The number of aliphatic hydroxyl groups is 2. The second-order valence-electron chi connectivity index (χ2n) is 6.86. The van der Waals surface area contributed by atoms with E-state index >= 15 is 0 Å². The van der Waals surface area contributed by atoms with Crippen molar-refractivity contribution in [3.05, 3.63) is 47.7 Å². The van der Waals surface area contributed by atoms with Crippen LogP contribution in [0.1, 0.15) is 30.9 Å². The predicted octanol–water partition coefficient (Wildman–Crippen LogP) is 0.865. The zero-order valence-electron chi connectivity index (χ0n) is 16.9. The lowest BCUT2D eigenvalue weighted by molar-refractivity contribution is 0.253. The van der Waals surface area contributed by atoms with E-state index in [1.54, 1.807) is 18.5 Å². The van der Waals surface area contributed by atoms with Crippen LogP contribution in [-0.2, 0) is 6.54 Å². The number of benzene rings is 1. The van der Waals surface area contributed by atoms with E-state index in [1.165, 1.54) is 6.33 Å². The minimum atomic E-state index is -0.820. The summed E-state index contributed by atoms with van der Waals surface area (Å²) in [6, 6.07) is 7.46. The molecule has 1 aromatic carbocycles. The van der Waals surface area contributed by atoms with Crippen LogP contribution in [0, 0.1) is 23.7 Å². The number of anilines is 1. The number of fused-ring (bicyclic) bond motifs is 2. The lowest BCUT2D eigenvalue weighted by atomic mass is 10.2. The Balaban J connectivity index is 1.88. The highest BCUT2D eigenvalue weighted by atomic mass is 16.3. The maximum atomic E-state index is 9.58. The lowest BCUT2D eigenvalue weighted by Crippen LogP contribution is -2.09. The molecule has 0 spiro atoms. The number of aromatic nitrogens is 6. The van der Waals surface area contributed by atoms with Crippen molar-refractivity contribution in [3.8, 4) is 23.7 Å². The summed E-state index contributed by atoms with van der Waals surface area (Å²) in [6.45, 7) is 3.34. The molecule has 3 aromatic heterocycles. The molecule has 0 aliphatic heterocycles. The van der Waals surface area contributed by atoms with Crippen LogP contribution in [0.4, 0.5) is 5.82 Å². The minimum Gasteiger partial charge on any atom is -0.383 e. The van der Waals surface area contributed by atoms with Crippen molar-refractivity contribution in [3.63, 3.8) is 0 Å². The Bertz CT molecular complexity index is 1400. The molecule has 9 heteroatoms. The average molecular weight is 413 g/mol. The molecule has 0 fully saturated rings. The van der Waals surface area contributed by atoms with Crippen LogP contribution in [0.25, 0.3) is 22.1 Å². The third-order valence-corrected chi connectivity index (χ3v) is 4.30. The van der Waals surface area contributed by atoms with Crippen LogP contribution in [0.15, 0.2) is 30.6 Å². The minimum absolute atomic E-state index is 0.199. The molecule has 4 N–H and O–H groups in total. The van der Waals surface area contributed by atoms with Crippen LogP contribution in [0.3, 0.4) is 0 Å². The largest absolute Gasteiger partial charge is 0.383 e. The van der Waals surface area contributed by atoms with Crippen molar-refractivity contribution in [2.45, 2.75) is 32.6 Å². The standard InChI is InChI=1S/C22H19N7O2/c1-13(30)7-9-17-19(27-16-6-4-3-5-15(16)26-17)11-29-22-20(21(23)24-12-25-22)18(28-29)10-8-14(2)31/h3-6,12-14,30-31H,11H2,1-2H3,(H2,23,24,25)/t13-,14-/m1/s1. The fourth-order valence-electron chi connectivity index (χ4n) is 2.96. The van der Waals surface area contributed by atoms with E-state index in [4.69, 9.17) is 10.7 Å². The van der Waals surface area contributed by atoms with E-state index in [0.717, 1.165) is 0 Å². The molecule has 9 nitrogen and oxygen atoms in total. The SMILES string of the molecule is C[C@@H](O)C#Cc1nc2ccccc2nc1Cn1nc(C#C[C@@H](C)O)c2c(N)ncnc21. The molecule has 0 amide bonds. The summed E-state index contributed by atoms with van der Waals surface area (Å²) in [4.78, 5) is 17.6. The molecule has 31 heavy (non-hydrogen) atoms. The molecule has 0 unspecified atom stereocenters. The van der Waals surface area contributed by atoms with Crippen molar-refractivity contribution in [2.24, 2.45) is 0 Å². The zero-order chi connectivity index (χ0) is 22.0. The number of nitrogens with zero attached hydrogens (tertiary/aromatic N) is 6. The summed E-state index contributed by atoms with van der Waals surface area (Å²) >= 11 is 0. The first-order valence-electron chi connectivity index (χ1n) is 9.54. The molecule has 3 heterocycles. The quantitative estimate of drug-likeness (QED) is 0.412. The van der Waals surface area contributed by atoms with E-state index in [-0.39, 0.29) is 12.4 Å². The van der Waals surface area contributed by atoms with Crippen molar-refractivity contribution >= 4 is 27.9 Å². The fraction of sp³-hybridized carbons (Fsp3) is 0.227. The summed E-state index contributed by atoms with van der Waals surface area (Å²) in [6.07, 6.45) is -0.275. The monoisotopic (exact) mass is 413 g/mol. The summed E-state index contributed by atoms with van der Waals surface area (Å²) < 4.78 is 1.60. The van der Waals surface area contributed by atoms with Gasteiger partial charge in [-0.25, -0.2) is 24.6 Å². The van der Waals surface area contributed by atoms with E-state index in [9.17, 15) is 10.2 Å². The first-order chi connectivity index (χ1) is 14.9. The molecule has 4 aromatic rings. The molecule has 154 valence electrons. The van der Waals surface area contributed by atoms with Gasteiger partial charge in [-0.3, -0.25) is 0 Å². The number of nitrogen functional groups attached to an aromatic ring is 1. The highest BCUT2D eigenvalue weighted by Crippen LogP contribution is 2.22. The van der Waals surface area contributed by atoms with E-state index in [0.29, 0.717) is 39.1 Å². The van der Waals surface area contributed by atoms with Crippen LogP contribution in [-0.4, -0.2) is 52.1 Å². The molecule has 0 radical (unpaired) electrons. The first kappa shape index (κ1) is 20.2. The molecule has 0 saturated heterocycles. The van der Waals surface area contributed by atoms with E-state index < -0.39 is 12.2 Å². The lowest BCUT2D eigenvalue weighted by Gasteiger charge is -2.07. The summed E-state index contributed by atoms with van der Waals surface area (Å²) in [5.74, 6) is 11.3. The zero-order valence-corrected chi connectivity index (χ0v) is 16.9. The number of para-hydroxylation sites is 2. The second kappa shape index (κ2) is 8.36. The van der Waals surface area contributed by atoms with Gasteiger partial charge in [-0.2, -0.15) is 5.10 Å². The Morgan fingerprint density at radius 3 is 2.29 bits per heavy atom. The average Bonchev–Trinajstić information content (AvgIpc) is 3.09. The van der Waals surface area contributed by atoms with Crippen molar-refractivity contribution in [1.82, 2.24) is 29.7 Å². The highest BCUT2D eigenvalue weighted by Gasteiger charge is 2.17. The second-order valence-corrected chi connectivity index (χ2v) is 6.86. The number of rotatable bonds is 2. The van der Waals surface area contributed by atoms with Gasteiger partial charge in [0.2, 0.25) is 0 Å². The van der Waals surface area contributed by atoms with Crippen molar-refractivity contribution in [1.29, 1.82) is 0 Å². The Morgan fingerprint density at radius 1 is 0.968 bits per heavy atom. The Hall–Kier alpha value is -4.05. The number of hydrogen-bond acceptors (Lipinski definition) is 8. The Morgan fingerprint density at radius 2 is 1.61 bits per heavy atom. The number of nitrogens with two attached hydrogens (primary N) is 1. The molecular formula is C22H19N7O2. The predicted molar refractivity (Wildman–Crippen MR) is 115 cm³/mol. The van der Waals surface area contributed by atoms with Gasteiger partial charge in [-0.1, -0.05) is 24.0 Å². The topological polar surface area (TPSA) is 136 Å². The summed E-state index contributed by atoms with van der Waals surface area (Å²) in [7, 11) is 0. The molecule has 2 atom stereocenters. The summed E-state index contributed by atoms with van der Waals surface area (Å²) in [5, 5.41) is 24.1. The maximum Gasteiger partial charge on any atom is 0.165 e. The van der Waals surface area contributed by atoms with Crippen LogP contribution in [0.2, 0.25) is 0 Å². The first-order valence-corrected chi connectivity index (χ1v) is 9.54. The van der Waals surface area contributed by atoms with Gasteiger partial charge in [-0.05, 0) is 37.8 Å². The van der Waals surface area contributed by atoms with Gasteiger partial charge >= 0.3 is 0 Å². The highest BCUT2D eigenvalue weighted by molar-refractivity contribution is 5.90. The summed E-state index contributed by atoms with van der Waals surface area (Å²) in [5.41, 5.74) is 9.28. The molecule has 0 saturated carbocycles. The van der Waals surface area contributed by atoms with Crippen LogP contribution < -0.4 is 5.73 Å². The van der Waals surface area contributed by atoms with Gasteiger partial charge < -0.3 is 15.9 Å². The van der Waals surface area contributed by atoms with Crippen LogP contribution >= 0.6 is 0 Å². The molecule has 0 aliphatic rings. The third-order valence-electron chi connectivity index (χ3n) is 4.30. The van der Waals surface area contributed by atoms with E-state index in [2.05, 4.69) is 43.7 Å². The van der Waals surface area contributed by atoms with Crippen molar-refractivity contribution in [2.75, 3.05) is 5.73 Å². The fourth-order valence-corrected chi connectivity index (χ4v) is 2.96. The van der Waals surface area contributed by atoms with E-state index in [1.807, 2.05) is 24.3 Å². The van der Waals surface area contributed by atoms with Gasteiger partial charge in [0, 0.05) is 0 Å². The van der Waals surface area contributed by atoms with Gasteiger partial charge in [-0.15, -0.1) is 0 Å². The number of aliphatic hydroxyl groups excluding tert-OH is 2. The normalized spacial score (nSPS) is 12.6. The van der Waals surface area contributed by atoms with Gasteiger partial charge in [0.25, 0.3) is 0 Å². The van der Waals surface area contributed by atoms with Crippen LogP contribution in [0.5, 0.6) is 0 Å². The third kappa shape index (κ3) is 4.28.